The number of hydrogen-bond donors (Lipinski definition) is 2. The Labute approximate surface area is 124 Å². The minimum Gasteiger partial charge on any atom is -0.489 e. The highest BCUT2D eigenvalue weighted by molar-refractivity contribution is 5.29. The van der Waals surface area contributed by atoms with Crippen LogP contribution in [0.1, 0.15) is 18.1 Å². The van der Waals surface area contributed by atoms with Gasteiger partial charge in [-0.05, 0) is 42.3 Å². The number of ether oxygens (including phenoxy) is 1. The summed E-state index contributed by atoms with van der Waals surface area (Å²) in [5, 5.41) is 12.4. The molecule has 21 heavy (non-hydrogen) atoms. The zero-order chi connectivity index (χ0) is 15.1. The predicted molar refractivity (Wildman–Crippen MR) is 80.6 cm³/mol. The first-order valence-corrected chi connectivity index (χ1v) is 6.98. The lowest BCUT2D eigenvalue weighted by molar-refractivity contribution is 0.191. The first kappa shape index (κ1) is 15.5. The summed E-state index contributed by atoms with van der Waals surface area (Å²) in [6.07, 6.45) is -0.358. The molecular weight excluding hydrogens is 269 g/mol. The summed E-state index contributed by atoms with van der Waals surface area (Å²) in [6.45, 7) is 3.39. The van der Waals surface area contributed by atoms with E-state index in [4.69, 9.17) is 4.74 Å². The van der Waals surface area contributed by atoms with Gasteiger partial charge in [-0.25, -0.2) is 4.39 Å². The van der Waals surface area contributed by atoms with E-state index >= 15 is 0 Å². The molecule has 0 radical (unpaired) electrons. The van der Waals surface area contributed by atoms with Gasteiger partial charge in [-0.1, -0.05) is 24.3 Å². The van der Waals surface area contributed by atoms with Crippen molar-refractivity contribution in [3.63, 3.8) is 0 Å². The van der Waals surface area contributed by atoms with Crippen LogP contribution in [0.5, 0.6) is 5.75 Å². The van der Waals surface area contributed by atoms with Crippen molar-refractivity contribution in [3.05, 3.63) is 65.5 Å². The maximum absolute atomic E-state index is 12.8. The van der Waals surface area contributed by atoms with E-state index < -0.39 is 0 Å². The lowest BCUT2D eigenvalue weighted by atomic mass is 10.2. The topological polar surface area (TPSA) is 41.5 Å². The highest BCUT2D eigenvalue weighted by Gasteiger charge is 2.00. The van der Waals surface area contributed by atoms with Gasteiger partial charge in [0.05, 0.1) is 6.10 Å². The average Bonchev–Trinajstić information content (AvgIpc) is 2.47. The first-order valence-electron chi connectivity index (χ1n) is 6.98. The van der Waals surface area contributed by atoms with Gasteiger partial charge < -0.3 is 15.2 Å². The van der Waals surface area contributed by atoms with E-state index in [1.165, 1.54) is 12.1 Å². The SMILES string of the molecule is CC(O)CNCc1cccc(OCc2ccc(F)cc2)c1. The second-order valence-corrected chi connectivity index (χ2v) is 5.04. The Hall–Kier alpha value is -1.91. The molecule has 2 rings (SSSR count). The zero-order valence-electron chi connectivity index (χ0n) is 12.1. The van der Waals surface area contributed by atoms with Crippen LogP contribution in [-0.2, 0) is 13.2 Å². The number of nitrogens with one attached hydrogen (secondary N) is 1. The molecule has 0 aromatic heterocycles. The molecule has 0 aliphatic heterocycles. The molecule has 3 nitrogen and oxygen atoms in total. The van der Waals surface area contributed by atoms with Gasteiger partial charge in [-0.15, -0.1) is 0 Å². The Kier molecular flexibility index (Phi) is 5.72. The summed E-state index contributed by atoms with van der Waals surface area (Å²) in [5.74, 6) is 0.528. The summed E-state index contributed by atoms with van der Waals surface area (Å²) < 4.78 is 18.5. The van der Waals surface area contributed by atoms with Crippen LogP contribution in [0.2, 0.25) is 0 Å². The third kappa shape index (κ3) is 5.53. The lowest BCUT2D eigenvalue weighted by Gasteiger charge is -2.10. The van der Waals surface area contributed by atoms with Gasteiger partial charge in [-0.3, -0.25) is 0 Å². The number of benzene rings is 2. The third-order valence-corrected chi connectivity index (χ3v) is 2.99. The van der Waals surface area contributed by atoms with Gasteiger partial charge in [0.1, 0.15) is 18.2 Å². The summed E-state index contributed by atoms with van der Waals surface area (Å²) in [4.78, 5) is 0. The van der Waals surface area contributed by atoms with Crippen molar-refractivity contribution in [3.8, 4) is 5.75 Å². The van der Waals surface area contributed by atoms with Crippen molar-refractivity contribution >= 4 is 0 Å². The highest BCUT2D eigenvalue weighted by atomic mass is 19.1. The Bertz CT molecular complexity index is 555. The van der Waals surface area contributed by atoms with Crippen LogP contribution in [0.4, 0.5) is 4.39 Å². The van der Waals surface area contributed by atoms with Gasteiger partial charge >= 0.3 is 0 Å². The van der Waals surface area contributed by atoms with Crippen LogP contribution >= 0.6 is 0 Å². The highest BCUT2D eigenvalue weighted by Crippen LogP contribution is 2.15. The maximum atomic E-state index is 12.8. The molecule has 0 aliphatic rings. The Morgan fingerprint density at radius 3 is 2.62 bits per heavy atom. The van der Waals surface area contributed by atoms with Crippen molar-refractivity contribution in [2.24, 2.45) is 0 Å². The van der Waals surface area contributed by atoms with Crippen LogP contribution in [0.3, 0.4) is 0 Å². The van der Waals surface area contributed by atoms with Gasteiger partial charge in [0.2, 0.25) is 0 Å². The largest absolute Gasteiger partial charge is 0.489 e. The van der Waals surface area contributed by atoms with Gasteiger partial charge in [0, 0.05) is 13.1 Å². The van der Waals surface area contributed by atoms with Crippen molar-refractivity contribution < 1.29 is 14.2 Å². The van der Waals surface area contributed by atoms with E-state index in [1.54, 1.807) is 19.1 Å². The Morgan fingerprint density at radius 2 is 1.90 bits per heavy atom. The van der Waals surface area contributed by atoms with Crippen LogP contribution in [0.25, 0.3) is 0 Å². The van der Waals surface area contributed by atoms with E-state index in [0.717, 1.165) is 16.9 Å². The standard InChI is InChI=1S/C17H20FNO2/c1-13(20)10-19-11-15-3-2-4-17(9-15)21-12-14-5-7-16(18)8-6-14/h2-9,13,19-20H,10-12H2,1H3. The molecule has 0 fully saturated rings. The normalized spacial score (nSPS) is 12.1. The molecule has 0 amide bonds. The van der Waals surface area contributed by atoms with Gasteiger partial charge in [-0.2, -0.15) is 0 Å². The molecule has 0 bridgehead atoms. The molecule has 0 saturated carbocycles. The average molecular weight is 289 g/mol. The molecule has 112 valence electrons. The summed E-state index contributed by atoms with van der Waals surface area (Å²) in [6, 6.07) is 14.1. The minimum absolute atomic E-state index is 0.245. The van der Waals surface area contributed by atoms with Crippen LogP contribution in [-0.4, -0.2) is 17.8 Å². The third-order valence-electron chi connectivity index (χ3n) is 2.99. The van der Waals surface area contributed by atoms with Crippen molar-refractivity contribution in [2.75, 3.05) is 6.54 Å². The van der Waals surface area contributed by atoms with E-state index in [2.05, 4.69) is 5.32 Å². The molecule has 2 aromatic carbocycles. The first-order chi connectivity index (χ1) is 10.1. The van der Waals surface area contributed by atoms with E-state index in [-0.39, 0.29) is 11.9 Å². The molecule has 0 aliphatic carbocycles. The number of aliphatic hydroxyl groups excluding tert-OH is 1. The number of halogens is 1. The van der Waals surface area contributed by atoms with Crippen molar-refractivity contribution in [1.29, 1.82) is 0 Å². The van der Waals surface area contributed by atoms with E-state index in [1.807, 2.05) is 24.3 Å². The molecular formula is C17H20FNO2. The maximum Gasteiger partial charge on any atom is 0.123 e. The quantitative estimate of drug-likeness (QED) is 0.823. The number of hydrogen-bond acceptors (Lipinski definition) is 3. The Morgan fingerprint density at radius 1 is 1.14 bits per heavy atom. The van der Waals surface area contributed by atoms with Crippen LogP contribution < -0.4 is 10.1 Å². The van der Waals surface area contributed by atoms with E-state index in [9.17, 15) is 9.50 Å². The molecule has 4 heteroatoms. The predicted octanol–water partition coefficient (Wildman–Crippen LogP) is 2.88. The monoisotopic (exact) mass is 289 g/mol. The van der Waals surface area contributed by atoms with Crippen molar-refractivity contribution in [1.82, 2.24) is 5.32 Å². The Balaban J connectivity index is 1.87. The summed E-state index contributed by atoms with van der Waals surface area (Å²) in [7, 11) is 0. The minimum atomic E-state index is -0.358. The smallest absolute Gasteiger partial charge is 0.123 e. The molecule has 2 aromatic rings. The van der Waals surface area contributed by atoms with Crippen LogP contribution in [0, 0.1) is 5.82 Å². The summed E-state index contributed by atoms with van der Waals surface area (Å²) >= 11 is 0. The molecule has 2 N–H and O–H groups in total. The fraction of sp³-hybridized carbons (Fsp3) is 0.294. The molecule has 1 unspecified atom stereocenters. The lowest BCUT2D eigenvalue weighted by Crippen LogP contribution is -2.23. The fourth-order valence-electron chi connectivity index (χ4n) is 1.92. The number of aliphatic hydroxyl groups is 1. The zero-order valence-corrected chi connectivity index (χ0v) is 12.1. The molecule has 0 heterocycles. The van der Waals surface area contributed by atoms with E-state index in [0.29, 0.717) is 19.7 Å². The second kappa shape index (κ2) is 7.76. The molecule has 0 spiro atoms. The summed E-state index contributed by atoms with van der Waals surface area (Å²) in [5.41, 5.74) is 2.02. The molecule has 0 saturated heterocycles. The fourth-order valence-corrected chi connectivity index (χ4v) is 1.92. The second-order valence-electron chi connectivity index (χ2n) is 5.04. The van der Waals surface area contributed by atoms with Crippen molar-refractivity contribution in [2.45, 2.75) is 26.2 Å². The molecule has 1 atom stereocenters. The number of rotatable bonds is 7. The van der Waals surface area contributed by atoms with Gasteiger partial charge in [0.25, 0.3) is 0 Å². The van der Waals surface area contributed by atoms with Crippen LogP contribution in [0.15, 0.2) is 48.5 Å². The van der Waals surface area contributed by atoms with Gasteiger partial charge in [0.15, 0.2) is 0 Å².